The molecule has 24 heavy (non-hydrogen) atoms. The van der Waals surface area contributed by atoms with Crippen LogP contribution >= 0.6 is 34.8 Å². The second-order valence-corrected chi connectivity index (χ2v) is 8.02. The van der Waals surface area contributed by atoms with Gasteiger partial charge >= 0.3 is 0 Å². The third-order valence-electron chi connectivity index (χ3n) is 3.13. The molecule has 0 aliphatic rings. The van der Waals surface area contributed by atoms with Crippen molar-refractivity contribution in [2.24, 2.45) is 0 Å². The van der Waals surface area contributed by atoms with E-state index in [1.54, 1.807) is 0 Å². The van der Waals surface area contributed by atoms with E-state index < -0.39 is 21.6 Å². The van der Waals surface area contributed by atoms with E-state index in [4.69, 9.17) is 34.8 Å². The smallest absolute Gasteiger partial charge is 0.252 e. The first-order chi connectivity index (χ1) is 11.2. The fourth-order valence-corrected chi connectivity index (χ4v) is 3.58. The molecule has 0 aliphatic heterocycles. The number of nitrogens with one attached hydrogen (secondary N) is 2. The SMILES string of the molecule is CNC(=O)c1cc(Cl)cc(NCS(=O)(=O)c2ccc(Cl)cc2)c1Cl. The summed E-state index contributed by atoms with van der Waals surface area (Å²) < 4.78 is 24.7. The number of halogens is 3. The number of hydrogen-bond donors (Lipinski definition) is 2. The van der Waals surface area contributed by atoms with Crippen LogP contribution in [0.15, 0.2) is 41.3 Å². The Bertz CT molecular complexity index is 868. The Balaban J connectivity index is 2.27. The maximum atomic E-state index is 12.3. The molecule has 0 spiro atoms. The third kappa shape index (κ3) is 4.33. The molecule has 2 N–H and O–H groups in total. The monoisotopic (exact) mass is 406 g/mol. The number of hydrogen-bond acceptors (Lipinski definition) is 4. The Hall–Kier alpha value is -1.47. The van der Waals surface area contributed by atoms with E-state index in [9.17, 15) is 13.2 Å². The summed E-state index contributed by atoms with van der Waals surface area (Å²) in [5, 5.41) is 5.93. The van der Waals surface area contributed by atoms with Crippen LogP contribution < -0.4 is 10.6 Å². The van der Waals surface area contributed by atoms with Gasteiger partial charge in [-0.2, -0.15) is 0 Å². The molecule has 2 aromatic carbocycles. The van der Waals surface area contributed by atoms with Gasteiger partial charge in [0.1, 0.15) is 5.88 Å². The van der Waals surface area contributed by atoms with E-state index in [-0.39, 0.29) is 26.2 Å². The minimum absolute atomic E-state index is 0.0880. The quantitative estimate of drug-likeness (QED) is 0.789. The number of carbonyl (C=O) groups is 1. The minimum Gasteiger partial charge on any atom is -0.370 e. The van der Waals surface area contributed by atoms with Crippen LogP contribution in [0.2, 0.25) is 15.1 Å². The molecule has 2 aromatic rings. The van der Waals surface area contributed by atoms with Crippen molar-refractivity contribution in [3.05, 3.63) is 57.0 Å². The molecule has 2 rings (SSSR count). The zero-order valence-electron chi connectivity index (χ0n) is 12.4. The highest BCUT2D eigenvalue weighted by Gasteiger charge is 2.18. The van der Waals surface area contributed by atoms with Crippen molar-refractivity contribution in [2.45, 2.75) is 4.90 Å². The first-order valence-corrected chi connectivity index (χ1v) is 9.46. The van der Waals surface area contributed by atoms with Gasteiger partial charge in [0.25, 0.3) is 5.91 Å². The fraction of sp³-hybridized carbons (Fsp3) is 0.133. The van der Waals surface area contributed by atoms with Crippen molar-refractivity contribution >= 4 is 56.2 Å². The molecule has 0 heterocycles. The highest BCUT2D eigenvalue weighted by Crippen LogP contribution is 2.30. The summed E-state index contributed by atoms with van der Waals surface area (Å²) in [6.07, 6.45) is 0. The number of amides is 1. The van der Waals surface area contributed by atoms with Crippen LogP contribution in [0.25, 0.3) is 0 Å². The average Bonchev–Trinajstić information content (AvgIpc) is 2.55. The van der Waals surface area contributed by atoms with Crippen LogP contribution in [-0.2, 0) is 9.84 Å². The lowest BCUT2D eigenvalue weighted by atomic mass is 10.2. The van der Waals surface area contributed by atoms with Gasteiger partial charge in [0.05, 0.1) is 21.2 Å². The van der Waals surface area contributed by atoms with Gasteiger partial charge < -0.3 is 10.6 Å². The molecule has 128 valence electrons. The molecule has 0 saturated heterocycles. The van der Waals surface area contributed by atoms with E-state index >= 15 is 0 Å². The molecule has 0 fully saturated rings. The molecule has 0 aromatic heterocycles. The Morgan fingerprint density at radius 1 is 1.04 bits per heavy atom. The second-order valence-electron chi connectivity index (χ2n) is 4.78. The zero-order valence-corrected chi connectivity index (χ0v) is 15.5. The number of carbonyl (C=O) groups excluding carboxylic acids is 1. The molecule has 0 aliphatic carbocycles. The summed E-state index contributed by atoms with van der Waals surface area (Å²) in [6, 6.07) is 8.66. The van der Waals surface area contributed by atoms with Crippen LogP contribution in [0.5, 0.6) is 0 Å². The van der Waals surface area contributed by atoms with E-state index in [2.05, 4.69) is 10.6 Å². The van der Waals surface area contributed by atoms with E-state index in [1.165, 1.54) is 43.4 Å². The van der Waals surface area contributed by atoms with E-state index in [0.29, 0.717) is 5.02 Å². The van der Waals surface area contributed by atoms with Crippen molar-refractivity contribution < 1.29 is 13.2 Å². The molecular formula is C15H13Cl3N2O3S. The highest BCUT2D eigenvalue weighted by atomic mass is 35.5. The van der Waals surface area contributed by atoms with Crippen LogP contribution in [0, 0.1) is 0 Å². The predicted molar refractivity (Wildman–Crippen MR) is 97.0 cm³/mol. The van der Waals surface area contributed by atoms with Crippen LogP contribution in [0.1, 0.15) is 10.4 Å². The Morgan fingerprint density at radius 2 is 1.67 bits per heavy atom. The Morgan fingerprint density at radius 3 is 2.25 bits per heavy atom. The molecule has 9 heteroatoms. The zero-order chi connectivity index (χ0) is 17.9. The number of anilines is 1. The van der Waals surface area contributed by atoms with Crippen LogP contribution in [-0.4, -0.2) is 27.2 Å². The summed E-state index contributed by atoms with van der Waals surface area (Å²) >= 11 is 17.9. The van der Waals surface area contributed by atoms with Crippen molar-refractivity contribution in [2.75, 3.05) is 18.2 Å². The van der Waals surface area contributed by atoms with Gasteiger partial charge in [0, 0.05) is 17.1 Å². The minimum atomic E-state index is -3.62. The fourth-order valence-electron chi connectivity index (χ4n) is 1.92. The van der Waals surface area contributed by atoms with Gasteiger partial charge in [0.15, 0.2) is 9.84 Å². The Kier molecular flexibility index (Phi) is 5.98. The topological polar surface area (TPSA) is 75.3 Å². The first-order valence-electron chi connectivity index (χ1n) is 6.68. The van der Waals surface area contributed by atoms with Crippen LogP contribution in [0.3, 0.4) is 0 Å². The van der Waals surface area contributed by atoms with E-state index in [0.717, 1.165) is 0 Å². The summed E-state index contributed by atoms with van der Waals surface area (Å²) in [5.41, 5.74) is 0.401. The van der Waals surface area contributed by atoms with Gasteiger partial charge in [-0.15, -0.1) is 0 Å². The van der Waals surface area contributed by atoms with Crippen molar-refractivity contribution in [3.8, 4) is 0 Å². The summed E-state index contributed by atoms with van der Waals surface area (Å²) in [5.74, 6) is -0.840. The number of rotatable bonds is 5. The van der Waals surface area contributed by atoms with Crippen molar-refractivity contribution in [1.29, 1.82) is 0 Å². The molecule has 1 amide bonds. The molecular weight excluding hydrogens is 395 g/mol. The van der Waals surface area contributed by atoms with E-state index in [1.807, 2.05) is 0 Å². The second kappa shape index (κ2) is 7.61. The largest absolute Gasteiger partial charge is 0.370 e. The maximum absolute atomic E-state index is 12.3. The average molecular weight is 408 g/mol. The van der Waals surface area contributed by atoms with Gasteiger partial charge in [-0.25, -0.2) is 8.42 Å². The first kappa shape index (κ1) is 18.9. The standard InChI is InChI=1S/C15H13Cl3N2O3S/c1-19-15(21)12-6-10(17)7-13(14(12)18)20-8-24(22,23)11-4-2-9(16)3-5-11/h2-7,20H,8H2,1H3,(H,19,21). The molecule has 0 bridgehead atoms. The molecule has 5 nitrogen and oxygen atoms in total. The predicted octanol–water partition coefficient (Wildman–Crippen LogP) is 3.85. The summed E-state index contributed by atoms with van der Waals surface area (Å²) in [7, 11) is -2.16. The lowest BCUT2D eigenvalue weighted by Gasteiger charge is -2.13. The third-order valence-corrected chi connectivity index (χ3v) is 5.53. The number of benzene rings is 2. The highest BCUT2D eigenvalue weighted by molar-refractivity contribution is 7.91. The Labute approximate surface area is 154 Å². The normalized spacial score (nSPS) is 11.2. The molecule has 0 radical (unpaired) electrons. The van der Waals surface area contributed by atoms with Crippen molar-refractivity contribution in [1.82, 2.24) is 5.32 Å². The maximum Gasteiger partial charge on any atom is 0.252 e. The van der Waals surface area contributed by atoms with Crippen molar-refractivity contribution in [3.63, 3.8) is 0 Å². The summed E-state index contributed by atoms with van der Waals surface area (Å²) in [6.45, 7) is 0. The van der Waals surface area contributed by atoms with Gasteiger partial charge in [-0.3, -0.25) is 4.79 Å². The lowest BCUT2D eigenvalue weighted by molar-refractivity contribution is 0.0963. The van der Waals surface area contributed by atoms with Crippen LogP contribution in [0.4, 0.5) is 5.69 Å². The lowest BCUT2D eigenvalue weighted by Crippen LogP contribution is -2.19. The summed E-state index contributed by atoms with van der Waals surface area (Å²) in [4.78, 5) is 11.9. The van der Waals surface area contributed by atoms with Gasteiger partial charge in [0.2, 0.25) is 0 Å². The molecule has 0 saturated carbocycles. The molecule has 0 atom stereocenters. The number of sulfone groups is 1. The van der Waals surface area contributed by atoms with Gasteiger partial charge in [-0.1, -0.05) is 34.8 Å². The molecule has 0 unspecified atom stereocenters. The van der Waals surface area contributed by atoms with Gasteiger partial charge in [-0.05, 0) is 36.4 Å².